The minimum absolute atomic E-state index is 0.207. The van der Waals surface area contributed by atoms with Crippen LogP contribution in [0.2, 0.25) is 0 Å². The third-order valence-electron chi connectivity index (χ3n) is 3.14. The summed E-state index contributed by atoms with van der Waals surface area (Å²) in [6.07, 6.45) is 4.87. The van der Waals surface area contributed by atoms with Gasteiger partial charge in [0.25, 0.3) is 0 Å². The zero-order valence-corrected chi connectivity index (χ0v) is 9.86. The molecular formula is C13H20N2O. The summed E-state index contributed by atoms with van der Waals surface area (Å²) in [7, 11) is 0. The molecule has 0 aliphatic heterocycles. The number of aryl methyl sites for hydroxylation is 1. The van der Waals surface area contributed by atoms with Gasteiger partial charge in [-0.15, -0.1) is 0 Å². The van der Waals surface area contributed by atoms with E-state index >= 15 is 0 Å². The monoisotopic (exact) mass is 220 g/mol. The fourth-order valence-electron chi connectivity index (χ4n) is 2.20. The highest BCUT2D eigenvalue weighted by Crippen LogP contribution is 2.20. The van der Waals surface area contributed by atoms with Crippen LogP contribution in [-0.4, -0.2) is 17.1 Å². The summed E-state index contributed by atoms with van der Waals surface area (Å²) in [4.78, 5) is 4.42. The molecule has 0 bridgehead atoms. The van der Waals surface area contributed by atoms with Gasteiger partial charge in [0.1, 0.15) is 0 Å². The molecule has 2 atom stereocenters. The molecule has 1 aromatic rings. The molecular weight excluding hydrogens is 200 g/mol. The van der Waals surface area contributed by atoms with Gasteiger partial charge in [-0.05, 0) is 31.9 Å². The van der Waals surface area contributed by atoms with E-state index in [1.54, 1.807) is 0 Å². The van der Waals surface area contributed by atoms with Crippen molar-refractivity contribution in [3.05, 3.63) is 29.6 Å². The minimum Gasteiger partial charge on any atom is -0.370 e. The first-order valence-electron chi connectivity index (χ1n) is 6.05. The van der Waals surface area contributed by atoms with Crippen molar-refractivity contribution in [3.63, 3.8) is 0 Å². The molecule has 1 heterocycles. The van der Waals surface area contributed by atoms with Crippen molar-refractivity contribution >= 4 is 0 Å². The maximum atomic E-state index is 6.03. The van der Waals surface area contributed by atoms with Crippen LogP contribution in [0.15, 0.2) is 18.2 Å². The predicted octanol–water partition coefficient (Wildman–Crippen LogP) is 2.18. The molecule has 1 aliphatic carbocycles. The lowest BCUT2D eigenvalue weighted by Crippen LogP contribution is -2.39. The van der Waals surface area contributed by atoms with Crippen molar-refractivity contribution in [2.75, 3.05) is 0 Å². The van der Waals surface area contributed by atoms with Crippen molar-refractivity contribution < 1.29 is 4.74 Å². The van der Waals surface area contributed by atoms with E-state index in [-0.39, 0.29) is 12.1 Å². The molecule has 0 radical (unpaired) electrons. The topological polar surface area (TPSA) is 48.1 Å². The molecule has 16 heavy (non-hydrogen) atoms. The quantitative estimate of drug-likeness (QED) is 0.849. The Bertz CT molecular complexity index is 340. The molecule has 0 saturated heterocycles. The smallest absolute Gasteiger partial charge is 0.0892 e. The predicted molar refractivity (Wildman–Crippen MR) is 64.0 cm³/mol. The van der Waals surface area contributed by atoms with Crippen LogP contribution in [0.4, 0.5) is 0 Å². The van der Waals surface area contributed by atoms with E-state index in [0.29, 0.717) is 6.61 Å². The van der Waals surface area contributed by atoms with E-state index < -0.39 is 0 Å². The number of ether oxygens (including phenoxy) is 1. The number of hydrogen-bond acceptors (Lipinski definition) is 3. The first kappa shape index (κ1) is 11.6. The molecule has 2 unspecified atom stereocenters. The lowest BCUT2D eigenvalue weighted by Gasteiger charge is -2.28. The molecule has 2 rings (SSSR count). The average Bonchev–Trinajstić information content (AvgIpc) is 2.28. The van der Waals surface area contributed by atoms with Crippen LogP contribution in [0.1, 0.15) is 37.1 Å². The van der Waals surface area contributed by atoms with E-state index in [9.17, 15) is 0 Å². The lowest BCUT2D eigenvalue weighted by molar-refractivity contribution is 0.00253. The summed E-state index contributed by atoms with van der Waals surface area (Å²) in [6.45, 7) is 2.58. The van der Waals surface area contributed by atoms with Crippen LogP contribution in [-0.2, 0) is 11.3 Å². The number of aromatic nitrogens is 1. The molecule has 88 valence electrons. The van der Waals surface area contributed by atoms with Gasteiger partial charge in [-0.25, -0.2) is 0 Å². The molecule has 0 spiro atoms. The largest absolute Gasteiger partial charge is 0.370 e. The molecule has 0 aromatic carbocycles. The van der Waals surface area contributed by atoms with Gasteiger partial charge < -0.3 is 10.5 Å². The van der Waals surface area contributed by atoms with Crippen molar-refractivity contribution in [2.24, 2.45) is 5.73 Å². The Labute approximate surface area is 97.0 Å². The van der Waals surface area contributed by atoms with E-state index in [4.69, 9.17) is 10.5 Å². The zero-order chi connectivity index (χ0) is 11.4. The SMILES string of the molecule is Cc1cccc(COC2CCCCC2N)n1. The molecule has 1 aromatic heterocycles. The Morgan fingerprint density at radius 3 is 2.94 bits per heavy atom. The van der Waals surface area contributed by atoms with Crippen LogP contribution in [0.25, 0.3) is 0 Å². The van der Waals surface area contributed by atoms with Gasteiger partial charge in [0.05, 0.1) is 18.4 Å². The second-order valence-electron chi connectivity index (χ2n) is 4.57. The van der Waals surface area contributed by atoms with Crippen LogP contribution < -0.4 is 5.73 Å². The first-order valence-corrected chi connectivity index (χ1v) is 6.05. The molecule has 1 fully saturated rings. The third kappa shape index (κ3) is 3.03. The van der Waals surface area contributed by atoms with Gasteiger partial charge in [-0.2, -0.15) is 0 Å². The Kier molecular flexibility index (Phi) is 3.91. The molecule has 3 heteroatoms. The fraction of sp³-hybridized carbons (Fsp3) is 0.615. The standard InChI is InChI=1S/C13H20N2O/c1-10-5-4-6-11(15-10)9-16-13-8-3-2-7-12(13)14/h4-6,12-13H,2-3,7-9,14H2,1H3. The summed E-state index contributed by atoms with van der Waals surface area (Å²) >= 11 is 0. The maximum absolute atomic E-state index is 6.03. The van der Waals surface area contributed by atoms with E-state index in [0.717, 1.165) is 24.2 Å². The van der Waals surface area contributed by atoms with Crippen molar-refractivity contribution in [1.29, 1.82) is 0 Å². The van der Waals surface area contributed by atoms with Crippen LogP contribution in [0, 0.1) is 6.92 Å². The van der Waals surface area contributed by atoms with Crippen molar-refractivity contribution in [3.8, 4) is 0 Å². The molecule has 2 N–H and O–H groups in total. The second-order valence-corrected chi connectivity index (χ2v) is 4.57. The summed E-state index contributed by atoms with van der Waals surface area (Å²) in [6, 6.07) is 6.22. The Morgan fingerprint density at radius 1 is 1.38 bits per heavy atom. The van der Waals surface area contributed by atoms with Crippen molar-refractivity contribution in [1.82, 2.24) is 4.98 Å². The van der Waals surface area contributed by atoms with Gasteiger partial charge in [0.2, 0.25) is 0 Å². The van der Waals surface area contributed by atoms with E-state index in [1.807, 2.05) is 25.1 Å². The number of rotatable bonds is 3. The zero-order valence-electron chi connectivity index (χ0n) is 9.86. The number of nitrogens with zero attached hydrogens (tertiary/aromatic N) is 1. The molecule has 1 saturated carbocycles. The molecule has 3 nitrogen and oxygen atoms in total. The van der Waals surface area contributed by atoms with Gasteiger partial charge in [0, 0.05) is 11.7 Å². The summed E-state index contributed by atoms with van der Waals surface area (Å²) in [5.41, 5.74) is 8.06. The Morgan fingerprint density at radius 2 is 2.19 bits per heavy atom. The summed E-state index contributed by atoms with van der Waals surface area (Å²) in [5, 5.41) is 0. The molecule has 1 aliphatic rings. The maximum Gasteiger partial charge on any atom is 0.0892 e. The van der Waals surface area contributed by atoms with E-state index in [1.165, 1.54) is 12.8 Å². The number of hydrogen-bond donors (Lipinski definition) is 1. The van der Waals surface area contributed by atoms with Gasteiger partial charge in [0.15, 0.2) is 0 Å². The Balaban J connectivity index is 1.86. The summed E-state index contributed by atoms with van der Waals surface area (Å²) < 4.78 is 5.85. The number of nitrogens with two attached hydrogens (primary N) is 1. The Hall–Kier alpha value is -0.930. The second kappa shape index (κ2) is 5.41. The number of pyridine rings is 1. The highest BCUT2D eigenvalue weighted by Gasteiger charge is 2.22. The molecule has 0 amide bonds. The highest BCUT2D eigenvalue weighted by molar-refractivity contribution is 5.09. The fourth-order valence-corrected chi connectivity index (χ4v) is 2.20. The van der Waals surface area contributed by atoms with Crippen molar-refractivity contribution in [2.45, 2.75) is 51.4 Å². The lowest BCUT2D eigenvalue weighted by atomic mass is 9.93. The van der Waals surface area contributed by atoms with Gasteiger partial charge >= 0.3 is 0 Å². The normalized spacial score (nSPS) is 25.6. The van der Waals surface area contributed by atoms with Gasteiger partial charge in [-0.1, -0.05) is 18.9 Å². The highest BCUT2D eigenvalue weighted by atomic mass is 16.5. The van der Waals surface area contributed by atoms with Crippen LogP contribution in [0.5, 0.6) is 0 Å². The third-order valence-corrected chi connectivity index (χ3v) is 3.14. The van der Waals surface area contributed by atoms with Crippen LogP contribution in [0.3, 0.4) is 0 Å². The minimum atomic E-state index is 0.207. The first-order chi connectivity index (χ1) is 7.75. The van der Waals surface area contributed by atoms with Crippen LogP contribution >= 0.6 is 0 Å². The van der Waals surface area contributed by atoms with E-state index in [2.05, 4.69) is 4.98 Å². The van der Waals surface area contributed by atoms with Gasteiger partial charge in [-0.3, -0.25) is 4.98 Å². The average molecular weight is 220 g/mol. The summed E-state index contributed by atoms with van der Waals surface area (Å²) in [5.74, 6) is 0.